The van der Waals surface area contributed by atoms with Crippen LogP contribution in [0.15, 0.2) is 78.1 Å². The van der Waals surface area contributed by atoms with Crippen LogP contribution in [0, 0.1) is 0 Å². The minimum atomic E-state index is 0.538. The molecule has 30 heavy (non-hydrogen) atoms. The Labute approximate surface area is 181 Å². The lowest BCUT2D eigenvalue weighted by molar-refractivity contribution is 0.866. The van der Waals surface area contributed by atoms with Crippen molar-refractivity contribution in [2.75, 3.05) is 5.75 Å². The maximum Gasteiger partial charge on any atom is 0.253 e. The number of hydrogen-bond donors (Lipinski definition) is 0. The summed E-state index contributed by atoms with van der Waals surface area (Å²) >= 11 is 1.60. The Morgan fingerprint density at radius 2 is 1.67 bits per heavy atom. The molecule has 0 saturated heterocycles. The topological polar surface area (TPSA) is 43.1 Å². The van der Waals surface area contributed by atoms with Gasteiger partial charge in [-0.25, -0.2) is 4.98 Å². The number of rotatable bonds is 7. The van der Waals surface area contributed by atoms with E-state index < -0.39 is 0 Å². The van der Waals surface area contributed by atoms with Gasteiger partial charge in [-0.2, -0.15) is 9.50 Å². The highest BCUT2D eigenvalue weighted by atomic mass is 32.2. The van der Waals surface area contributed by atoms with E-state index in [1.807, 2.05) is 24.3 Å². The van der Waals surface area contributed by atoms with Crippen molar-refractivity contribution >= 4 is 35.8 Å². The monoisotopic (exact) mass is 412 g/mol. The number of nitrogens with zero attached hydrogens (tertiary/aromatic N) is 4. The Bertz CT molecular complexity index is 1160. The van der Waals surface area contributed by atoms with Gasteiger partial charge in [0, 0.05) is 11.9 Å². The third kappa shape index (κ3) is 5.05. The minimum absolute atomic E-state index is 0.538. The highest BCUT2D eigenvalue weighted by Crippen LogP contribution is 2.18. The smallest absolute Gasteiger partial charge is 0.220 e. The van der Waals surface area contributed by atoms with E-state index in [0.717, 1.165) is 22.2 Å². The van der Waals surface area contributed by atoms with Crippen molar-refractivity contribution in [3.05, 3.63) is 95.3 Å². The predicted molar refractivity (Wildman–Crippen MR) is 126 cm³/mol. The summed E-state index contributed by atoms with van der Waals surface area (Å²) in [6, 6.07) is 20.9. The maximum atomic E-state index is 4.63. The first-order chi connectivity index (χ1) is 14.7. The van der Waals surface area contributed by atoms with E-state index in [2.05, 4.69) is 89.6 Å². The molecule has 2 aromatic carbocycles. The Balaban J connectivity index is 1.46. The van der Waals surface area contributed by atoms with Crippen LogP contribution < -0.4 is 0 Å². The van der Waals surface area contributed by atoms with E-state index in [9.17, 15) is 0 Å². The normalized spacial score (nSPS) is 12.0. The van der Waals surface area contributed by atoms with Crippen LogP contribution in [0.4, 0.5) is 0 Å². The molecule has 4 rings (SSSR count). The second-order valence-electron chi connectivity index (χ2n) is 7.25. The zero-order chi connectivity index (χ0) is 20.8. The third-order valence-corrected chi connectivity index (χ3v) is 5.51. The van der Waals surface area contributed by atoms with Crippen molar-refractivity contribution in [2.45, 2.75) is 24.9 Å². The van der Waals surface area contributed by atoms with Crippen molar-refractivity contribution in [1.29, 1.82) is 0 Å². The van der Waals surface area contributed by atoms with Gasteiger partial charge in [0.05, 0.1) is 5.69 Å². The molecule has 0 aliphatic carbocycles. The predicted octanol–water partition coefficient (Wildman–Crippen LogP) is 6.22. The van der Waals surface area contributed by atoms with Gasteiger partial charge < -0.3 is 0 Å². The first kappa shape index (κ1) is 20.1. The molecule has 0 aliphatic heterocycles. The lowest BCUT2D eigenvalue weighted by Crippen LogP contribution is -1.95. The first-order valence-electron chi connectivity index (χ1n) is 10.0. The Morgan fingerprint density at radius 3 is 2.43 bits per heavy atom. The number of hydrogen-bond acceptors (Lipinski definition) is 4. The fourth-order valence-electron chi connectivity index (χ4n) is 3.03. The Hall–Kier alpha value is -3.18. The van der Waals surface area contributed by atoms with Crippen molar-refractivity contribution in [2.24, 2.45) is 0 Å². The van der Waals surface area contributed by atoms with E-state index in [4.69, 9.17) is 0 Å². The molecule has 2 heterocycles. The molecule has 0 N–H and O–H groups in total. The molecule has 0 aliphatic rings. The average molecular weight is 413 g/mol. The van der Waals surface area contributed by atoms with E-state index in [1.54, 1.807) is 22.5 Å². The fraction of sp³-hybridized carbons (Fsp3) is 0.160. The van der Waals surface area contributed by atoms with Gasteiger partial charge in [0.25, 0.3) is 5.78 Å². The summed E-state index contributed by atoms with van der Waals surface area (Å²) in [5.74, 6) is 1.96. The van der Waals surface area contributed by atoms with Crippen molar-refractivity contribution in [3.8, 4) is 0 Å². The second-order valence-corrected chi connectivity index (χ2v) is 8.24. The summed E-state index contributed by atoms with van der Waals surface area (Å²) in [4.78, 5) is 8.89. The molecule has 0 spiro atoms. The molecule has 0 radical (unpaired) electrons. The molecule has 2 aromatic heterocycles. The Kier molecular flexibility index (Phi) is 6.40. The Morgan fingerprint density at radius 1 is 0.900 bits per heavy atom. The van der Waals surface area contributed by atoms with Gasteiger partial charge in [0.1, 0.15) is 0 Å². The molecule has 0 bridgehead atoms. The summed E-state index contributed by atoms with van der Waals surface area (Å²) in [5.41, 5.74) is 4.64. The molecular weight excluding hydrogens is 388 g/mol. The van der Waals surface area contributed by atoms with E-state index in [0.29, 0.717) is 11.7 Å². The summed E-state index contributed by atoms with van der Waals surface area (Å²) in [6.07, 6.45) is 10.2. The summed E-state index contributed by atoms with van der Waals surface area (Å²) < 4.78 is 1.79. The molecule has 0 atom stereocenters. The summed E-state index contributed by atoms with van der Waals surface area (Å²) in [5, 5.41) is 5.35. The van der Waals surface area contributed by atoms with E-state index in [-0.39, 0.29) is 0 Å². The third-order valence-electron chi connectivity index (χ3n) is 4.72. The van der Waals surface area contributed by atoms with Gasteiger partial charge in [-0.15, -0.1) is 5.10 Å². The van der Waals surface area contributed by atoms with Gasteiger partial charge in [-0.1, -0.05) is 98.4 Å². The molecular formula is C25H24N4S. The lowest BCUT2D eigenvalue weighted by atomic mass is 10.0. The summed E-state index contributed by atoms with van der Waals surface area (Å²) in [7, 11) is 0. The van der Waals surface area contributed by atoms with E-state index >= 15 is 0 Å². The quantitative estimate of drug-likeness (QED) is 0.338. The fourth-order valence-corrected chi connectivity index (χ4v) is 3.65. The first-order valence-corrected chi connectivity index (χ1v) is 11.0. The molecule has 4 nitrogen and oxygen atoms in total. The zero-order valence-corrected chi connectivity index (χ0v) is 18.0. The number of fused-ring (bicyclic) bond motifs is 1. The molecule has 0 saturated carbocycles. The van der Waals surface area contributed by atoms with Crippen molar-refractivity contribution < 1.29 is 0 Å². The zero-order valence-electron chi connectivity index (χ0n) is 17.1. The van der Waals surface area contributed by atoms with Gasteiger partial charge in [-0.05, 0) is 34.8 Å². The molecule has 0 unspecified atom stereocenters. The average Bonchev–Trinajstić information content (AvgIpc) is 3.20. The highest BCUT2D eigenvalue weighted by Gasteiger charge is 2.07. The SMILES string of the molecule is CC(C)c1ccc(/C=C\c2ccnc3nc(SC/C=C/c4ccccc4)nn23)cc1. The van der Waals surface area contributed by atoms with Crippen molar-refractivity contribution in [3.63, 3.8) is 0 Å². The highest BCUT2D eigenvalue weighted by molar-refractivity contribution is 7.99. The van der Waals surface area contributed by atoms with Crippen LogP contribution in [-0.4, -0.2) is 25.3 Å². The molecule has 0 fully saturated rings. The van der Waals surface area contributed by atoms with Gasteiger partial charge in [0.15, 0.2) is 0 Å². The molecule has 150 valence electrons. The van der Waals surface area contributed by atoms with Gasteiger partial charge >= 0.3 is 0 Å². The van der Waals surface area contributed by atoms with Gasteiger partial charge in [-0.3, -0.25) is 0 Å². The van der Waals surface area contributed by atoms with Crippen LogP contribution in [0.1, 0.15) is 42.1 Å². The number of aromatic nitrogens is 4. The van der Waals surface area contributed by atoms with Crippen LogP contribution in [0.25, 0.3) is 24.0 Å². The largest absolute Gasteiger partial charge is 0.253 e. The van der Waals surface area contributed by atoms with Crippen LogP contribution in [-0.2, 0) is 0 Å². The molecule has 5 heteroatoms. The van der Waals surface area contributed by atoms with Crippen LogP contribution in [0.5, 0.6) is 0 Å². The lowest BCUT2D eigenvalue weighted by Gasteiger charge is -2.04. The van der Waals surface area contributed by atoms with Gasteiger partial charge in [0.2, 0.25) is 5.16 Å². The molecule has 0 amide bonds. The van der Waals surface area contributed by atoms with Crippen LogP contribution in [0.3, 0.4) is 0 Å². The van der Waals surface area contributed by atoms with E-state index in [1.165, 1.54) is 11.1 Å². The standard InChI is InChI=1S/C25H24N4S/c1-19(2)22-13-10-21(11-14-22)12-15-23-16-17-26-24-27-25(28-29(23)24)30-18-6-9-20-7-4-3-5-8-20/h3-17,19H,18H2,1-2H3/b9-6+,15-12-. The number of benzene rings is 2. The van der Waals surface area contributed by atoms with Crippen LogP contribution in [0.2, 0.25) is 0 Å². The number of thioether (sulfide) groups is 1. The minimum Gasteiger partial charge on any atom is -0.220 e. The second kappa shape index (κ2) is 9.55. The molecule has 4 aromatic rings. The van der Waals surface area contributed by atoms with Crippen LogP contribution >= 0.6 is 11.8 Å². The maximum absolute atomic E-state index is 4.63. The summed E-state index contributed by atoms with van der Waals surface area (Å²) in [6.45, 7) is 4.41. The van der Waals surface area contributed by atoms with Crippen molar-refractivity contribution in [1.82, 2.24) is 19.6 Å².